The fourth-order valence-electron chi connectivity index (χ4n) is 5.15. The van der Waals surface area contributed by atoms with E-state index in [0.717, 1.165) is 37.1 Å². The number of nitrogens with one attached hydrogen (secondary N) is 1. The molecule has 2 aliphatic rings. The number of aliphatic hydroxyl groups is 1. The molecule has 2 aromatic rings. The minimum absolute atomic E-state index is 0.00329. The lowest BCUT2D eigenvalue weighted by atomic mass is 9.70. The van der Waals surface area contributed by atoms with Crippen LogP contribution in [0.5, 0.6) is 0 Å². The summed E-state index contributed by atoms with van der Waals surface area (Å²) in [5.41, 5.74) is 2.71. The van der Waals surface area contributed by atoms with Crippen LogP contribution in [0.1, 0.15) is 30.5 Å². The van der Waals surface area contributed by atoms with Gasteiger partial charge in [0.15, 0.2) is 0 Å². The largest absolute Gasteiger partial charge is 0.396 e. The number of fused-ring (bicyclic) bond motifs is 2. The lowest BCUT2D eigenvalue weighted by Crippen LogP contribution is -2.44. The molecule has 3 atom stereocenters. The van der Waals surface area contributed by atoms with Crippen molar-refractivity contribution in [2.45, 2.75) is 44.7 Å². The molecule has 2 fully saturated rings. The van der Waals surface area contributed by atoms with Crippen LogP contribution < -0.4 is 5.32 Å². The third kappa shape index (κ3) is 3.39. The standard InChI is InChI=1S/C21H28N4O2/c1-15-18(12-24(2)23-15)22-20(27)13-25-17-8-9-19(25)21(11-17,14-26)10-16-6-4-3-5-7-16/h3-7,12,17,19,26H,8-11,13-14H2,1-2H3,(H,22,27)/t17-,19+,21-/m1/s1. The second kappa shape index (κ2) is 7.09. The number of rotatable bonds is 6. The van der Waals surface area contributed by atoms with Crippen LogP contribution in [-0.4, -0.2) is 50.9 Å². The molecule has 2 aliphatic heterocycles. The maximum absolute atomic E-state index is 12.7. The number of carbonyl (C=O) groups excluding carboxylic acids is 1. The average Bonchev–Trinajstić information content (AvgIpc) is 3.27. The minimum Gasteiger partial charge on any atom is -0.396 e. The summed E-state index contributed by atoms with van der Waals surface area (Å²) in [4.78, 5) is 15.0. The highest BCUT2D eigenvalue weighted by molar-refractivity contribution is 5.92. The maximum atomic E-state index is 12.7. The van der Waals surface area contributed by atoms with Crippen LogP contribution >= 0.6 is 0 Å². The van der Waals surface area contributed by atoms with Crippen molar-refractivity contribution in [3.63, 3.8) is 0 Å². The Balaban J connectivity index is 1.46. The van der Waals surface area contributed by atoms with Gasteiger partial charge in [-0.3, -0.25) is 14.4 Å². The average molecular weight is 368 g/mol. The number of aliphatic hydroxyl groups excluding tert-OH is 1. The van der Waals surface area contributed by atoms with E-state index in [9.17, 15) is 9.90 Å². The van der Waals surface area contributed by atoms with Crippen molar-refractivity contribution in [3.8, 4) is 0 Å². The van der Waals surface area contributed by atoms with Gasteiger partial charge in [-0.15, -0.1) is 0 Å². The zero-order valence-corrected chi connectivity index (χ0v) is 16.1. The van der Waals surface area contributed by atoms with E-state index in [1.807, 2.05) is 26.2 Å². The van der Waals surface area contributed by atoms with E-state index in [1.165, 1.54) is 5.56 Å². The molecule has 1 aromatic heterocycles. The second-order valence-corrected chi connectivity index (χ2v) is 8.16. The van der Waals surface area contributed by atoms with Gasteiger partial charge < -0.3 is 10.4 Å². The van der Waals surface area contributed by atoms with Gasteiger partial charge in [-0.2, -0.15) is 5.10 Å². The van der Waals surface area contributed by atoms with Crippen molar-refractivity contribution >= 4 is 11.6 Å². The molecule has 2 N–H and O–H groups in total. The first-order chi connectivity index (χ1) is 13.0. The quantitative estimate of drug-likeness (QED) is 0.819. The maximum Gasteiger partial charge on any atom is 0.238 e. The molecular formula is C21H28N4O2. The smallest absolute Gasteiger partial charge is 0.238 e. The van der Waals surface area contributed by atoms with Gasteiger partial charge >= 0.3 is 0 Å². The van der Waals surface area contributed by atoms with Crippen LogP contribution in [0, 0.1) is 12.3 Å². The Labute approximate surface area is 160 Å². The molecule has 0 saturated carbocycles. The van der Waals surface area contributed by atoms with Crippen LogP contribution in [0.4, 0.5) is 5.69 Å². The van der Waals surface area contributed by atoms with Crippen molar-refractivity contribution < 1.29 is 9.90 Å². The Morgan fingerprint density at radius 3 is 2.78 bits per heavy atom. The number of hydrogen-bond donors (Lipinski definition) is 2. The molecule has 0 radical (unpaired) electrons. The summed E-state index contributed by atoms with van der Waals surface area (Å²) < 4.78 is 1.71. The summed E-state index contributed by atoms with van der Waals surface area (Å²) in [5, 5.41) is 17.6. The molecule has 2 bridgehead atoms. The molecule has 1 aromatic carbocycles. The van der Waals surface area contributed by atoms with Crippen molar-refractivity contribution in [3.05, 3.63) is 47.8 Å². The molecule has 27 heavy (non-hydrogen) atoms. The third-order valence-electron chi connectivity index (χ3n) is 6.32. The summed E-state index contributed by atoms with van der Waals surface area (Å²) >= 11 is 0. The van der Waals surface area contributed by atoms with E-state index in [2.05, 4.69) is 39.6 Å². The van der Waals surface area contributed by atoms with Gasteiger partial charge in [-0.1, -0.05) is 30.3 Å². The van der Waals surface area contributed by atoms with Crippen molar-refractivity contribution in [2.24, 2.45) is 12.5 Å². The summed E-state index contributed by atoms with van der Waals surface area (Å²) in [6.07, 6.45) is 5.82. The lowest BCUT2D eigenvalue weighted by Gasteiger charge is -2.36. The van der Waals surface area contributed by atoms with Crippen LogP contribution in [0.2, 0.25) is 0 Å². The second-order valence-electron chi connectivity index (χ2n) is 8.16. The fourth-order valence-corrected chi connectivity index (χ4v) is 5.15. The predicted molar refractivity (Wildman–Crippen MR) is 104 cm³/mol. The molecule has 6 nitrogen and oxygen atoms in total. The number of amides is 1. The summed E-state index contributed by atoms with van der Waals surface area (Å²) in [6.45, 7) is 2.44. The Bertz CT molecular complexity index is 819. The first kappa shape index (κ1) is 18.2. The molecule has 6 heteroatoms. The molecule has 0 aliphatic carbocycles. The van der Waals surface area contributed by atoms with Gasteiger partial charge in [0, 0.05) is 30.7 Å². The monoisotopic (exact) mass is 368 g/mol. The van der Waals surface area contributed by atoms with E-state index in [0.29, 0.717) is 12.6 Å². The van der Waals surface area contributed by atoms with E-state index in [4.69, 9.17) is 0 Å². The number of aromatic nitrogens is 2. The van der Waals surface area contributed by atoms with Crippen molar-refractivity contribution in [1.29, 1.82) is 0 Å². The Kier molecular flexibility index (Phi) is 4.78. The first-order valence-electron chi connectivity index (χ1n) is 9.71. The highest BCUT2D eigenvalue weighted by atomic mass is 16.3. The van der Waals surface area contributed by atoms with Crippen LogP contribution in [0.25, 0.3) is 0 Å². The van der Waals surface area contributed by atoms with E-state index >= 15 is 0 Å². The molecule has 1 amide bonds. The molecule has 2 saturated heterocycles. The molecule has 144 valence electrons. The molecular weight excluding hydrogens is 340 g/mol. The molecule has 0 spiro atoms. The fraction of sp³-hybridized carbons (Fsp3) is 0.524. The first-order valence-corrected chi connectivity index (χ1v) is 9.71. The normalized spacial score (nSPS) is 27.2. The zero-order valence-electron chi connectivity index (χ0n) is 16.1. The Morgan fingerprint density at radius 2 is 2.11 bits per heavy atom. The van der Waals surface area contributed by atoms with Crippen molar-refractivity contribution in [1.82, 2.24) is 14.7 Å². The third-order valence-corrected chi connectivity index (χ3v) is 6.32. The van der Waals surface area contributed by atoms with Gasteiger partial charge in [0.05, 0.1) is 24.5 Å². The molecule has 0 unspecified atom stereocenters. The van der Waals surface area contributed by atoms with Gasteiger partial charge in [0.25, 0.3) is 0 Å². The zero-order chi connectivity index (χ0) is 19.0. The Hall–Kier alpha value is -2.18. The number of carbonyl (C=O) groups is 1. The number of benzene rings is 1. The van der Waals surface area contributed by atoms with Gasteiger partial charge in [0.1, 0.15) is 0 Å². The topological polar surface area (TPSA) is 70.4 Å². The molecule has 4 rings (SSSR count). The number of aryl methyl sites for hydroxylation is 2. The minimum atomic E-state index is -0.144. The van der Waals surface area contributed by atoms with E-state index in [1.54, 1.807) is 4.68 Å². The summed E-state index contributed by atoms with van der Waals surface area (Å²) in [5.74, 6) is -0.00329. The number of anilines is 1. The molecule has 3 heterocycles. The Morgan fingerprint density at radius 1 is 1.33 bits per heavy atom. The van der Waals surface area contributed by atoms with Crippen LogP contribution in [-0.2, 0) is 18.3 Å². The SMILES string of the molecule is Cc1nn(C)cc1NC(=O)CN1[C@@H]2CC[C@H]1[C@](CO)(Cc1ccccc1)C2. The summed E-state index contributed by atoms with van der Waals surface area (Å²) in [6, 6.07) is 11.0. The van der Waals surface area contributed by atoms with E-state index in [-0.39, 0.29) is 24.0 Å². The lowest BCUT2D eigenvalue weighted by molar-refractivity contribution is -0.117. The van der Waals surface area contributed by atoms with Gasteiger partial charge in [-0.05, 0) is 38.2 Å². The van der Waals surface area contributed by atoms with Crippen molar-refractivity contribution in [2.75, 3.05) is 18.5 Å². The number of nitrogens with zero attached hydrogens (tertiary/aromatic N) is 3. The summed E-state index contributed by atoms with van der Waals surface area (Å²) in [7, 11) is 1.85. The predicted octanol–water partition coefficient (Wildman–Crippen LogP) is 2.13. The van der Waals surface area contributed by atoms with Gasteiger partial charge in [-0.25, -0.2) is 0 Å². The van der Waals surface area contributed by atoms with Crippen LogP contribution in [0.3, 0.4) is 0 Å². The number of hydrogen-bond acceptors (Lipinski definition) is 4. The highest BCUT2D eigenvalue weighted by Gasteiger charge is 2.55. The van der Waals surface area contributed by atoms with Crippen LogP contribution in [0.15, 0.2) is 36.5 Å². The van der Waals surface area contributed by atoms with E-state index < -0.39 is 0 Å². The van der Waals surface area contributed by atoms with Gasteiger partial charge in [0.2, 0.25) is 5.91 Å². The highest BCUT2D eigenvalue weighted by Crippen LogP contribution is 2.51.